The molecule has 0 aliphatic rings. The van der Waals surface area contributed by atoms with E-state index in [1.807, 2.05) is 20.8 Å². The van der Waals surface area contributed by atoms with Crippen molar-refractivity contribution in [3.05, 3.63) is 0 Å². The lowest BCUT2D eigenvalue weighted by atomic mass is 10.1. The van der Waals surface area contributed by atoms with Crippen LogP contribution >= 0.6 is 0 Å². The van der Waals surface area contributed by atoms with Crippen LogP contribution in [0.15, 0.2) is 0 Å². The van der Waals surface area contributed by atoms with Gasteiger partial charge in [0.15, 0.2) is 0 Å². The van der Waals surface area contributed by atoms with Crippen LogP contribution in [0.3, 0.4) is 0 Å². The molecule has 0 aromatic carbocycles. The summed E-state index contributed by atoms with van der Waals surface area (Å²) in [5, 5.41) is 12.3. The predicted octanol–water partition coefficient (Wildman–Crippen LogP) is 0.604. The van der Waals surface area contributed by atoms with Crippen molar-refractivity contribution in [1.29, 1.82) is 0 Å². The van der Waals surface area contributed by atoms with Crippen LogP contribution in [0.1, 0.15) is 34.1 Å². The molecule has 4 nitrogen and oxygen atoms in total. The van der Waals surface area contributed by atoms with Gasteiger partial charge >= 0.3 is 0 Å². The van der Waals surface area contributed by atoms with E-state index in [9.17, 15) is 4.79 Å². The molecule has 0 saturated heterocycles. The number of likely N-dealkylation sites (N-methyl/N-ethyl adjacent to an activating group) is 1. The zero-order chi connectivity index (χ0) is 12.1. The minimum atomic E-state index is -0.492. The Morgan fingerprint density at radius 2 is 2.07 bits per heavy atom. The third-order valence-electron chi connectivity index (χ3n) is 2.88. The van der Waals surface area contributed by atoms with E-state index >= 15 is 0 Å². The first kappa shape index (κ1) is 14.4. The highest BCUT2D eigenvalue weighted by molar-refractivity contribution is 5.78. The lowest BCUT2D eigenvalue weighted by Crippen LogP contribution is -2.51. The van der Waals surface area contributed by atoms with E-state index in [0.29, 0.717) is 12.6 Å². The van der Waals surface area contributed by atoms with Gasteiger partial charge in [0.2, 0.25) is 5.91 Å². The van der Waals surface area contributed by atoms with E-state index in [1.165, 1.54) is 0 Å². The molecule has 1 amide bonds. The van der Waals surface area contributed by atoms with E-state index in [-0.39, 0.29) is 12.5 Å². The maximum Gasteiger partial charge on any atom is 0.236 e. The normalized spacial score (nSPS) is 13.7. The first-order chi connectivity index (χ1) is 6.85. The van der Waals surface area contributed by atoms with Crippen LogP contribution in [0.5, 0.6) is 0 Å². The number of hydrogen-bond acceptors (Lipinski definition) is 3. The Morgan fingerprint density at radius 3 is 2.47 bits per heavy atom. The summed E-state index contributed by atoms with van der Waals surface area (Å²) in [6.45, 7) is 8.10. The molecule has 90 valence electrons. The highest BCUT2D eigenvalue weighted by atomic mass is 16.3. The van der Waals surface area contributed by atoms with E-state index in [2.05, 4.69) is 12.2 Å². The molecule has 0 spiro atoms. The van der Waals surface area contributed by atoms with E-state index in [4.69, 9.17) is 5.11 Å². The molecule has 0 aromatic rings. The first-order valence-corrected chi connectivity index (χ1v) is 5.46. The fourth-order valence-electron chi connectivity index (χ4n) is 0.968. The molecular weight excluding hydrogens is 192 g/mol. The minimum Gasteiger partial charge on any atom is -0.394 e. The van der Waals surface area contributed by atoms with Gasteiger partial charge in [-0.1, -0.05) is 6.92 Å². The second-order valence-electron chi connectivity index (χ2n) is 4.61. The Bertz CT molecular complexity index is 205. The number of hydrogen-bond donors (Lipinski definition) is 2. The van der Waals surface area contributed by atoms with Crippen molar-refractivity contribution in [2.75, 3.05) is 20.2 Å². The number of carbonyl (C=O) groups excluding carboxylic acids is 1. The quantitative estimate of drug-likeness (QED) is 0.684. The van der Waals surface area contributed by atoms with E-state index in [0.717, 1.165) is 6.42 Å². The van der Waals surface area contributed by atoms with Crippen LogP contribution in [-0.2, 0) is 4.79 Å². The Morgan fingerprint density at radius 1 is 1.53 bits per heavy atom. The predicted molar refractivity (Wildman–Crippen MR) is 61.7 cm³/mol. The van der Waals surface area contributed by atoms with Gasteiger partial charge in [0.25, 0.3) is 0 Å². The van der Waals surface area contributed by atoms with Crippen molar-refractivity contribution in [3.63, 3.8) is 0 Å². The summed E-state index contributed by atoms with van der Waals surface area (Å²) in [6.07, 6.45) is 1.00. The number of carbonyl (C=O) groups is 1. The van der Waals surface area contributed by atoms with Crippen LogP contribution in [0.25, 0.3) is 0 Å². The molecule has 0 fully saturated rings. The standard InChI is InChI=1S/C11H24N2O2/c1-6-9(2)12-7-10(15)13(5)11(3,4)8-14/h9,12,14H,6-8H2,1-5H3. The number of rotatable bonds is 6. The fourth-order valence-corrected chi connectivity index (χ4v) is 0.968. The van der Waals surface area contributed by atoms with Crippen LogP contribution in [-0.4, -0.2) is 47.7 Å². The Hall–Kier alpha value is -0.610. The first-order valence-electron chi connectivity index (χ1n) is 5.46. The number of nitrogens with one attached hydrogen (secondary N) is 1. The van der Waals surface area contributed by atoms with Gasteiger partial charge in [-0.05, 0) is 27.2 Å². The van der Waals surface area contributed by atoms with Gasteiger partial charge in [-0.2, -0.15) is 0 Å². The fraction of sp³-hybridized carbons (Fsp3) is 0.909. The van der Waals surface area contributed by atoms with Crippen LogP contribution in [0.2, 0.25) is 0 Å². The molecule has 2 N–H and O–H groups in total. The molecule has 0 radical (unpaired) electrons. The molecule has 0 aromatic heterocycles. The molecule has 0 saturated carbocycles. The van der Waals surface area contributed by atoms with Crippen molar-refractivity contribution >= 4 is 5.91 Å². The summed E-state index contributed by atoms with van der Waals surface area (Å²) in [7, 11) is 1.72. The van der Waals surface area contributed by atoms with Gasteiger partial charge in [-0.15, -0.1) is 0 Å². The number of aliphatic hydroxyl groups is 1. The zero-order valence-corrected chi connectivity index (χ0v) is 10.5. The van der Waals surface area contributed by atoms with E-state index < -0.39 is 5.54 Å². The monoisotopic (exact) mass is 216 g/mol. The third-order valence-corrected chi connectivity index (χ3v) is 2.88. The number of nitrogens with zero attached hydrogens (tertiary/aromatic N) is 1. The minimum absolute atomic E-state index is 0.00866. The zero-order valence-electron chi connectivity index (χ0n) is 10.5. The largest absolute Gasteiger partial charge is 0.394 e. The molecule has 0 bridgehead atoms. The molecule has 0 heterocycles. The van der Waals surface area contributed by atoms with Gasteiger partial charge in [-0.25, -0.2) is 0 Å². The lowest BCUT2D eigenvalue weighted by Gasteiger charge is -2.34. The molecule has 0 aliphatic heterocycles. The highest BCUT2D eigenvalue weighted by Crippen LogP contribution is 2.10. The molecule has 1 atom stereocenters. The molecular formula is C11H24N2O2. The average molecular weight is 216 g/mol. The van der Waals surface area contributed by atoms with Crippen molar-refractivity contribution in [2.24, 2.45) is 0 Å². The summed E-state index contributed by atoms with van der Waals surface area (Å²) in [5.74, 6) is 0.00866. The molecule has 0 aliphatic carbocycles. The third kappa shape index (κ3) is 4.62. The van der Waals surface area contributed by atoms with Gasteiger partial charge in [0.1, 0.15) is 0 Å². The summed E-state index contributed by atoms with van der Waals surface area (Å²) in [4.78, 5) is 13.3. The molecule has 0 rings (SSSR count). The maximum atomic E-state index is 11.7. The van der Waals surface area contributed by atoms with Crippen LogP contribution in [0, 0.1) is 0 Å². The second-order valence-corrected chi connectivity index (χ2v) is 4.61. The summed E-state index contributed by atoms with van der Waals surface area (Å²) in [5.41, 5.74) is -0.492. The summed E-state index contributed by atoms with van der Waals surface area (Å²) >= 11 is 0. The Balaban J connectivity index is 4.11. The maximum absolute atomic E-state index is 11.7. The van der Waals surface area contributed by atoms with E-state index in [1.54, 1.807) is 11.9 Å². The molecule has 4 heteroatoms. The van der Waals surface area contributed by atoms with Crippen molar-refractivity contribution in [2.45, 2.75) is 45.7 Å². The topological polar surface area (TPSA) is 52.6 Å². The van der Waals surface area contributed by atoms with Crippen LogP contribution in [0.4, 0.5) is 0 Å². The number of aliphatic hydroxyl groups excluding tert-OH is 1. The highest BCUT2D eigenvalue weighted by Gasteiger charge is 2.26. The molecule has 15 heavy (non-hydrogen) atoms. The Labute approximate surface area is 92.7 Å². The second kappa shape index (κ2) is 6.08. The van der Waals surface area contributed by atoms with Crippen molar-refractivity contribution in [1.82, 2.24) is 10.2 Å². The smallest absolute Gasteiger partial charge is 0.236 e. The average Bonchev–Trinajstić information content (AvgIpc) is 2.23. The lowest BCUT2D eigenvalue weighted by molar-refractivity contribution is -0.135. The number of amides is 1. The molecule has 1 unspecified atom stereocenters. The van der Waals surface area contributed by atoms with Crippen molar-refractivity contribution < 1.29 is 9.90 Å². The van der Waals surface area contributed by atoms with Gasteiger partial charge in [0, 0.05) is 13.1 Å². The summed E-state index contributed by atoms with van der Waals surface area (Å²) < 4.78 is 0. The Kier molecular flexibility index (Phi) is 5.83. The van der Waals surface area contributed by atoms with Gasteiger partial charge in [-0.3, -0.25) is 4.79 Å². The van der Waals surface area contributed by atoms with Crippen molar-refractivity contribution in [3.8, 4) is 0 Å². The van der Waals surface area contributed by atoms with Gasteiger partial charge < -0.3 is 15.3 Å². The SMILES string of the molecule is CCC(C)NCC(=O)N(C)C(C)(C)CO. The van der Waals surface area contributed by atoms with Crippen LogP contribution < -0.4 is 5.32 Å². The summed E-state index contributed by atoms with van der Waals surface area (Å²) in [6, 6.07) is 0.347. The van der Waals surface area contributed by atoms with Gasteiger partial charge in [0.05, 0.1) is 18.7 Å².